The standard InChI is InChI=1S/C25H36N4O7S/c1-24(2)17-10-11-25(24,20(30)14-17)15-37(34,35)29-19(22(32)33)13-16-6-8-18(9-7-16)36-12-4-3-5-21(31)28-23(26)27/h6-9,17,19,29H,3-5,10-15H2,1-2H3,(H,32,33)(H4,26,27,28,31)/t17?,19-,25+/m0/s1. The second-order valence-corrected chi connectivity index (χ2v) is 12.3. The molecule has 0 spiro atoms. The molecule has 0 heterocycles. The quantitative estimate of drug-likeness (QED) is 0.164. The number of carbonyl (C=O) groups is 3. The number of guanidine groups is 1. The van der Waals surface area contributed by atoms with Gasteiger partial charge in [0.2, 0.25) is 15.9 Å². The highest BCUT2D eigenvalue weighted by Crippen LogP contribution is 2.64. The Hall–Kier alpha value is -2.99. The number of carboxylic acid groups (broad SMARTS) is 1. The number of benzene rings is 1. The van der Waals surface area contributed by atoms with Crippen molar-refractivity contribution >= 4 is 33.6 Å². The van der Waals surface area contributed by atoms with E-state index in [1.54, 1.807) is 24.3 Å². The first-order valence-corrected chi connectivity index (χ1v) is 14.0. The zero-order valence-electron chi connectivity index (χ0n) is 21.2. The Bertz CT molecular complexity index is 1160. The van der Waals surface area contributed by atoms with Gasteiger partial charge in [-0.15, -0.1) is 0 Å². The lowest BCUT2D eigenvalue weighted by Crippen LogP contribution is -2.49. The molecule has 0 radical (unpaired) electrons. The molecule has 37 heavy (non-hydrogen) atoms. The lowest BCUT2D eigenvalue weighted by molar-refractivity contribution is -0.139. The Kier molecular flexibility index (Phi) is 8.63. The molecular formula is C25H36N4O7S. The Labute approximate surface area is 217 Å². The van der Waals surface area contributed by atoms with Crippen molar-refractivity contribution in [1.82, 2.24) is 4.72 Å². The number of amides is 1. The smallest absolute Gasteiger partial charge is 0.322 e. The van der Waals surface area contributed by atoms with E-state index in [1.165, 1.54) is 0 Å². The van der Waals surface area contributed by atoms with Crippen LogP contribution < -0.4 is 20.9 Å². The number of aliphatic carboxylic acids is 1. The minimum Gasteiger partial charge on any atom is -0.494 e. The molecule has 3 atom stereocenters. The van der Waals surface area contributed by atoms with Crippen molar-refractivity contribution in [3.8, 4) is 5.75 Å². The number of ether oxygens (including phenoxy) is 1. The van der Waals surface area contributed by atoms with Gasteiger partial charge < -0.3 is 21.3 Å². The van der Waals surface area contributed by atoms with Crippen LogP contribution in [-0.2, 0) is 30.8 Å². The molecule has 2 aliphatic carbocycles. The summed E-state index contributed by atoms with van der Waals surface area (Å²) >= 11 is 0. The predicted molar refractivity (Wildman–Crippen MR) is 137 cm³/mol. The lowest BCUT2D eigenvalue weighted by Gasteiger charge is -2.36. The van der Waals surface area contributed by atoms with Gasteiger partial charge in [-0.25, -0.2) is 13.1 Å². The summed E-state index contributed by atoms with van der Waals surface area (Å²) in [5.41, 5.74) is 9.51. The van der Waals surface area contributed by atoms with E-state index in [-0.39, 0.29) is 30.5 Å². The molecule has 0 aromatic heterocycles. The minimum absolute atomic E-state index is 0.0399. The average Bonchev–Trinajstić information content (AvgIpc) is 3.13. The maximum atomic E-state index is 13.0. The summed E-state index contributed by atoms with van der Waals surface area (Å²) in [6.07, 6.45) is 3.01. The fraction of sp³-hybridized carbons (Fsp3) is 0.600. The van der Waals surface area contributed by atoms with Crippen molar-refractivity contribution in [2.45, 2.75) is 64.8 Å². The molecule has 2 aliphatic rings. The molecule has 11 nitrogen and oxygen atoms in total. The number of nitrogens with zero attached hydrogens (tertiary/aromatic N) is 1. The maximum Gasteiger partial charge on any atom is 0.322 e. The number of hydrogen-bond acceptors (Lipinski definition) is 6. The molecule has 204 valence electrons. The lowest BCUT2D eigenvalue weighted by atomic mass is 9.70. The number of ketones is 1. The summed E-state index contributed by atoms with van der Waals surface area (Å²) in [6.45, 7) is 4.24. The second-order valence-electron chi connectivity index (χ2n) is 10.5. The number of hydrogen-bond donors (Lipinski definition) is 4. The fourth-order valence-corrected chi connectivity index (χ4v) is 7.62. The number of sulfonamides is 1. The first-order valence-electron chi connectivity index (χ1n) is 12.4. The third kappa shape index (κ3) is 6.67. The summed E-state index contributed by atoms with van der Waals surface area (Å²) in [6, 6.07) is 5.32. The first-order chi connectivity index (χ1) is 17.3. The minimum atomic E-state index is -4.04. The Morgan fingerprint density at radius 3 is 2.43 bits per heavy atom. The SMILES string of the molecule is CC1(C)C2CC[C@@]1(CS(=O)(=O)N[C@@H](Cc1ccc(OCCCCC(=O)N=C(N)N)cc1)C(=O)O)C(=O)C2. The number of carbonyl (C=O) groups excluding carboxylic acids is 2. The predicted octanol–water partition coefficient (Wildman–Crippen LogP) is 1.35. The van der Waals surface area contributed by atoms with E-state index in [0.717, 1.165) is 6.42 Å². The van der Waals surface area contributed by atoms with Crippen LogP contribution in [0, 0.1) is 16.7 Å². The third-order valence-corrected chi connectivity index (χ3v) is 9.38. The van der Waals surface area contributed by atoms with E-state index >= 15 is 0 Å². The van der Waals surface area contributed by atoms with Gasteiger partial charge in [0.1, 0.15) is 17.6 Å². The van der Waals surface area contributed by atoms with E-state index in [0.29, 0.717) is 43.6 Å². The van der Waals surface area contributed by atoms with Gasteiger partial charge in [-0.3, -0.25) is 14.4 Å². The highest BCUT2D eigenvalue weighted by Gasteiger charge is 2.65. The fourth-order valence-electron chi connectivity index (χ4n) is 5.60. The Morgan fingerprint density at radius 1 is 1.22 bits per heavy atom. The number of nitrogens with two attached hydrogens (primary N) is 2. The molecule has 1 aromatic rings. The molecule has 1 unspecified atom stereocenters. The van der Waals surface area contributed by atoms with Crippen LogP contribution in [0.2, 0.25) is 0 Å². The molecule has 3 rings (SSSR count). The Morgan fingerprint density at radius 2 is 1.89 bits per heavy atom. The van der Waals surface area contributed by atoms with Gasteiger partial charge in [0.15, 0.2) is 5.96 Å². The highest BCUT2D eigenvalue weighted by atomic mass is 32.2. The van der Waals surface area contributed by atoms with Crippen LogP contribution in [0.1, 0.15) is 57.9 Å². The van der Waals surface area contributed by atoms with Gasteiger partial charge in [0.25, 0.3) is 0 Å². The van der Waals surface area contributed by atoms with Crippen LogP contribution in [0.5, 0.6) is 5.75 Å². The summed E-state index contributed by atoms with van der Waals surface area (Å²) in [4.78, 5) is 39.5. The van der Waals surface area contributed by atoms with Crippen LogP contribution in [0.25, 0.3) is 0 Å². The van der Waals surface area contributed by atoms with Crippen LogP contribution >= 0.6 is 0 Å². The van der Waals surface area contributed by atoms with Crippen LogP contribution in [0.15, 0.2) is 29.3 Å². The number of nitrogens with one attached hydrogen (secondary N) is 1. The van der Waals surface area contributed by atoms with Gasteiger partial charge in [0.05, 0.1) is 12.4 Å². The van der Waals surface area contributed by atoms with Crippen LogP contribution in [0.4, 0.5) is 0 Å². The van der Waals surface area contributed by atoms with Crippen molar-refractivity contribution < 1.29 is 32.6 Å². The van der Waals surface area contributed by atoms with Crippen molar-refractivity contribution in [1.29, 1.82) is 0 Å². The van der Waals surface area contributed by atoms with Gasteiger partial charge in [-0.05, 0) is 61.1 Å². The van der Waals surface area contributed by atoms with Gasteiger partial charge in [-0.2, -0.15) is 4.99 Å². The van der Waals surface area contributed by atoms with Crippen LogP contribution in [-0.4, -0.2) is 55.5 Å². The van der Waals surface area contributed by atoms with E-state index in [2.05, 4.69) is 9.71 Å². The largest absolute Gasteiger partial charge is 0.494 e. The average molecular weight is 537 g/mol. The number of Topliss-reactive ketones (excluding diaryl/α,β-unsaturated/α-hetero) is 1. The van der Waals surface area contributed by atoms with E-state index in [9.17, 15) is 27.9 Å². The van der Waals surface area contributed by atoms with Gasteiger partial charge in [-0.1, -0.05) is 26.0 Å². The highest BCUT2D eigenvalue weighted by molar-refractivity contribution is 7.89. The Balaban J connectivity index is 1.53. The second kappa shape index (κ2) is 11.2. The molecule has 1 aromatic carbocycles. The molecule has 12 heteroatoms. The van der Waals surface area contributed by atoms with Crippen molar-refractivity contribution in [2.75, 3.05) is 12.4 Å². The van der Waals surface area contributed by atoms with Crippen molar-refractivity contribution in [3.05, 3.63) is 29.8 Å². The van der Waals surface area contributed by atoms with E-state index in [4.69, 9.17) is 16.2 Å². The topological polar surface area (TPSA) is 191 Å². The number of aliphatic imine (C=N–C) groups is 1. The molecule has 6 N–H and O–H groups in total. The molecule has 0 saturated heterocycles. The third-order valence-electron chi connectivity index (χ3n) is 7.87. The number of carboxylic acids is 1. The van der Waals surface area contributed by atoms with Crippen LogP contribution in [0.3, 0.4) is 0 Å². The zero-order valence-corrected chi connectivity index (χ0v) is 22.1. The summed E-state index contributed by atoms with van der Waals surface area (Å²) in [5, 5.41) is 9.69. The summed E-state index contributed by atoms with van der Waals surface area (Å²) < 4.78 is 34.0. The van der Waals surface area contributed by atoms with E-state index < -0.39 is 44.5 Å². The molecule has 0 aliphatic heterocycles. The number of unbranched alkanes of at least 4 members (excludes halogenated alkanes) is 1. The first kappa shape index (κ1) is 28.6. The normalized spacial score (nSPS) is 23.0. The van der Waals surface area contributed by atoms with Crippen molar-refractivity contribution in [2.24, 2.45) is 33.2 Å². The zero-order chi connectivity index (χ0) is 27.4. The molecular weight excluding hydrogens is 500 g/mol. The van der Waals surface area contributed by atoms with Crippen molar-refractivity contribution in [3.63, 3.8) is 0 Å². The van der Waals surface area contributed by atoms with Gasteiger partial charge in [0, 0.05) is 18.3 Å². The monoisotopic (exact) mass is 536 g/mol. The molecule has 2 bridgehead atoms. The number of rotatable bonds is 13. The van der Waals surface area contributed by atoms with Gasteiger partial charge >= 0.3 is 5.97 Å². The molecule has 2 saturated carbocycles. The molecule has 1 amide bonds. The summed E-state index contributed by atoms with van der Waals surface area (Å²) in [7, 11) is -4.04. The number of fused-ring (bicyclic) bond motifs is 2. The van der Waals surface area contributed by atoms with E-state index in [1.807, 2.05) is 13.8 Å². The maximum absolute atomic E-state index is 13.0. The summed E-state index contributed by atoms with van der Waals surface area (Å²) in [5.74, 6) is -1.66. The molecule has 2 fully saturated rings.